The molecule has 0 nitrogen and oxygen atoms in total. The maximum absolute atomic E-state index is 11.2. The topological polar surface area (TPSA) is 0 Å². The van der Waals surface area contributed by atoms with E-state index in [1.165, 1.54) is 0 Å². The van der Waals surface area contributed by atoms with Crippen LogP contribution in [0.25, 0.3) is 0 Å². The summed E-state index contributed by atoms with van der Waals surface area (Å²) >= 11 is 0. The summed E-state index contributed by atoms with van der Waals surface area (Å²) in [5.41, 5.74) is 0. The molecule has 0 spiro atoms. The summed E-state index contributed by atoms with van der Waals surface area (Å²) in [5, 5.41) is 0. The smallest absolute Gasteiger partial charge is 0.171 e. The standard InChI is InChI=1S/C3H4F3Si2/c4-3(5,6)1-2-8-7/h1-2H2. The first-order valence-corrected chi connectivity index (χ1v) is 4.73. The van der Waals surface area contributed by atoms with E-state index in [4.69, 9.17) is 0 Å². The van der Waals surface area contributed by atoms with Crippen molar-refractivity contribution in [1.29, 1.82) is 0 Å². The highest BCUT2D eigenvalue weighted by atomic mass is 29.1. The van der Waals surface area contributed by atoms with Crippen molar-refractivity contribution >= 4 is 18.8 Å². The number of hydrogen-bond donors (Lipinski definition) is 0. The number of alkyl halides is 3. The lowest BCUT2D eigenvalue weighted by Crippen LogP contribution is -2.07. The Morgan fingerprint density at radius 2 is 1.88 bits per heavy atom. The average molecular weight is 153 g/mol. The van der Waals surface area contributed by atoms with Crippen molar-refractivity contribution in [2.24, 2.45) is 0 Å². The fourth-order valence-corrected chi connectivity index (χ4v) is 0.988. The predicted molar refractivity (Wildman–Crippen MR) is 27.0 cm³/mol. The van der Waals surface area contributed by atoms with Gasteiger partial charge in [0.15, 0.2) is 0 Å². The Labute approximate surface area is 51.5 Å². The Bertz CT molecular complexity index is 60.0. The zero-order chi connectivity index (χ0) is 6.62. The van der Waals surface area contributed by atoms with Gasteiger partial charge in [-0.1, -0.05) is 6.04 Å². The van der Waals surface area contributed by atoms with Gasteiger partial charge in [-0.05, 0) is 0 Å². The second-order valence-corrected chi connectivity index (χ2v) is 3.21. The summed E-state index contributed by atoms with van der Waals surface area (Å²) in [5.74, 6) is 0. The Morgan fingerprint density at radius 3 is 2.00 bits per heavy atom. The normalized spacial score (nSPS) is 12.0. The zero-order valence-electron chi connectivity index (χ0n) is 4.05. The minimum Gasteiger partial charge on any atom is -0.171 e. The van der Waals surface area contributed by atoms with Crippen molar-refractivity contribution in [3.63, 3.8) is 0 Å². The first-order chi connectivity index (χ1) is 3.56. The van der Waals surface area contributed by atoms with Crippen LogP contribution in [0.4, 0.5) is 13.2 Å². The largest absolute Gasteiger partial charge is 0.388 e. The van der Waals surface area contributed by atoms with Gasteiger partial charge in [0.2, 0.25) is 0 Å². The van der Waals surface area contributed by atoms with Crippen LogP contribution in [0.5, 0.6) is 0 Å². The second-order valence-electron chi connectivity index (χ2n) is 1.29. The SMILES string of the molecule is FC(F)(F)CC[Si][Si]. The van der Waals surface area contributed by atoms with Crippen LogP contribution < -0.4 is 0 Å². The van der Waals surface area contributed by atoms with Crippen molar-refractivity contribution < 1.29 is 13.2 Å². The molecule has 0 fully saturated rings. The van der Waals surface area contributed by atoms with Gasteiger partial charge >= 0.3 is 6.18 Å². The molecule has 0 saturated carbocycles. The molecule has 0 bridgehead atoms. The molecule has 0 aromatic carbocycles. The molecule has 0 unspecified atom stereocenters. The van der Waals surface area contributed by atoms with E-state index in [0.29, 0.717) is 0 Å². The van der Waals surface area contributed by atoms with Gasteiger partial charge in [-0.3, -0.25) is 0 Å². The Balaban J connectivity index is 3.11. The van der Waals surface area contributed by atoms with E-state index in [1.54, 1.807) is 0 Å². The molecule has 0 aliphatic rings. The van der Waals surface area contributed by atoms with Gasteiger partial charge in [0.25, 0.3) is 0 Å². The molecule has 8 heavy (non-hydrogen) atoms. The first-order valence-electron chi connectivity index (χ1n) is 2.02. The average Bonchev–Trinajstić information content (AvgIpc) is 1.59. The van der Waals surface area contributed by atoms with Crippen molar-refractivity contribution in [2.75, 3.05) is 0 Å². The molecule has 5 radical (unpaired) electrons. The number of rotatable bonds is 2. The summed E-state index contributed by atoms with van der Waals surface area (Å²) < 4.78 is 33.7. The van der Waals surface area contributed by atoms with Crippen molar-refractivity contribution in [3.8, 4) is 0 Å². The molecule has 0 atom stereocenters. The molecule has 0 heterocycles. The minimum absolute atomic E-state index is 0.195. The number of hydrogen-bond acceptors (Lipinski definition) is 0. The third-order valence-corrected chi connectivity index (χ3v) is 1.78. The fourth-order valence-electron chi connectivity index (χ4n) is 0.204. The van der Waals surface area contributed by atoms with E-state index >= 15 is 0 Å². The summed E-state index contributed by atoms with van der Waals surface area (Å²) in [4.78, 5) is 0. The van der Waals surface area contributed by atoms with Gasteiger partial charge in [-0.25, -0.2) is 0 Å². The van der Waals surface area contributed by atoms with Crippen LogP contribution >= 0.6 is 0 Å². The fraction of sp³-hybridized carbons (Fsp3) is 1.00. The minimum atomic E-state index is -3.97. The summed E-state index contributed by atoms with van der Waals surface area (Å²) in [7, 11) is 3.19. The Hall–Kier alpha value is 0.224. The lowest BCUT2D eigenvalue weighted by molar-refractivity contribution is -0.130. The van der Waals surface area contributed by atoms with Crippen LogP contribution in [-0.2, 0) is 0 Å². The highest BCUT2D eigenvalue weighted by molar-refractivity contribution is 6.89. The summed E-state index contributed by atoms with van der Waals surface area (Å²) in [6.45, 7) is 0. The van der Waals surface area contributed by atoms with E-state index in [2.05, 4.69) is 9.76 Å². The van der Waals surface area contributed by atoms with Gasteiger partial charge in [-0.15, -0.1) is 0 Å². The van der Waals surface area contributed by atoms with E-state index in [1.807, 2.05) is 0 Å². The molecule has 0 rings (SSSR count). The molecule has 0 aromatic rings. The van der Waals surface area contributed by atoms with Crippen LogP contribution in [-0.4, -0.2) is 25.0 Å². The molecule has 0 aliphatic carbocycles. The monoisotopic (exact) mass is 153 g/mol. The Morgan fingerprint density at radius 1 is 1.38 bits per heavy atom. The highest BCUT2D eigenvalue weighted by Crippen LogP contribution is 2.20. The predicted octanol–water partition coefficient (Wildman–Crippen LogP) is 1.14. The lowest BCUT2D eigenvalue weighted by atomic mass is 10.5. The van der Waals surface area contributed by atoms with Crippen LogP contribution in [0.1, 0.15) is 6.42 Å². The summed E-state index contributed by atoms with van der Waals surface area (Å²) in [6, 6.07) is 0.195. The third-order valence-electron chi connectivity index (χ3n) is 0.533. The highest BCUT2D eigenvalue weighted by Gasteiger charge is 2.25. The van der Waals surface area contributed by atoms with Crippen molar-refractivity contribution in [2.45, 2.75) is 18.6 Å². The van der Waals surface area contributed by atoms with Gasteiger partial charge in [0, 0.05) is 25.2 Å². The zero-order valence-corrected chi connectivity index (χ0v) is 6.05. The molecule has 5 heteroatoms. The molecule has 0 saturated heterocycles. The van der Waals surface area contributed by atoms with Crippen molar-refractivity contribution in [1.82, 2.24) is 0 Å². The van der Waals surface area contributed by atoms with Crippen LogP contribution in [0.3, 0.4) is 0 Å². The third kappa shape index (κ3) is 6.22. The number of halogens is 3. The Kier molecular flexibility index (Phi) is 3.38. The maximum atomic E-state index is 11.2. The quantitative estimate of drug-likeness (QED) is 0.522. The molecule has 0 aliphatic heterocycles. The van der Waals surface area contributed by atoms with Gasteiger partial charge < -0.3 is 0 Å². The van der Waals surface area contributed by atoms with Crippen molar-refractivity contribution in [3.05, 3.63) is 0 Å². The van der Waals surface area contributed by atoms with E-state index < -0.39 is 12.6 Å². The van der Waals surface area contributed by atoms with Gasteiger partial charge in [0.05, 0.1) is 0 Å². The van der Waals surface area contributed by atoms with Crippen LogP contribution in [0.2, 0.25) is 6.04 Å². The maximum Gasteiger partial charge on any atom is 0.388 e. The van der Waals surface area contributed by atoms with E-state index in [-0.39, 0.29) is 15.1 Å². The van der Waals surface area contributed by atoms with Crippen LogP contribution in [0, 0.1) is 0 Å². The molecular formula is C3H4F3Si2. The molecule has 0 amide bonds. The van der Waals surface area contributed by atoms with E-state index in [0.717, 1.165) is 0 Å². The molecular weight excluding hydrogens is 149 g/mol. The van der Waals surface area contributed by atoms with Gasteiger partial charge in [0.1, 0.15) is 0 Å². The molecule has 45 valence electrons. The molecule has 0 aromatic heterocycles. The summed E-state index contributed by atoms with van der Waals surface area (Å²) in [6.07, 6.45) is -4.64. The second kappa shape index (κ2) is 3.29. The first kappa shape index (κ1) is 8.22. The van der Waals surface area contributed by atoms with Gasteiger partial charge in [-0.2, -0.15) is 13.2 Å². The molecule has 0 N–H and O–H groups in total. The lowest BCUT2D eigenvalue weighted by Gasteiger charge is -2.01. The van der Waals surface area contributed by atoms with Crippen LogP contribution in [0.15, 0.2) is 0 Å². The van der Waals surface area contributed by atoms with E-state index in [9.17, 15) is 13.2 Å².